The van der Waals surface area contributed by atoms with Crippen molar-refractivity contribution in [2.75, 3.05) is 0 Å². The first-order chi connectivity index (χ1) is 4.15. The molecule has 0 saturated heterocycles. The van der Waals surface area contributed by atoms with Gasteiger partial charge in [-0.2, -0.15) is 0 Å². The van der Waals surface area contributed by atoms with Gasteiger partial charge in [-0.25, -0.2) is 0 Å². The predicted octanol–water partition coefficient (Wildman–Crippen LogP) is 0.931. The molecule has 0 atom stereocenters. The Morgan fingerprint density at radius 1 is 2.00 bits per heavy atom. The normalized spacial score (nSPS) is 37.5. The van der Waals surface area contributed by atoms with Gasteiger partial charge in [-0.3, -0.25) is 0 Å². The third-order valence-electron chi connectivity index (χ3n) is 0. The lowest BCUT2D eigenvalue weighted by Gasteiger charge is -1.78. The van der Waals surface area contributed by atoms with Crippen molar-refractivity contribution in [2.45, 2.75) is 13.7 Å². The van der Waals surface area contributed by atoms with Gasteiger partial charge in [0.25, 0.3) is 0 Å². The Bertz CT molecular complexity index is 97.1. The standard InChI is InChI=1S/C3H7O/c1-3(2)4/h4H,1-2H3/i1D3,2D3. The molecule has 0 unspecified atom stereocenters. The summed E-state index contributed by atoms with van der Waals surface area (Å²) in [6.07, 6.45) is -1.43. The first-order valence-corrected chi connectivity index (χ1v) is 0.724. The second-order valence-electron chi connectivity index (χ2n) is 0.349. The molecule has 0 saturated carbocycles. The summed E-state index contributed by atoms with van der Waals surface area (Å²) in [4.78, 5) is 0. The van der Waals surface area contributed by atoms with E-state index in [0.29, 0.717) is 0 Å². The zero-order valence-corrected chi connectivity index (χ0v) is 1.95. The van der Waals surface area contributed by atoms with Crippen LogP contribution in [0.5, 0.6) is 0 Å². The van der Waals surface area contributed by atoms with E-state index < -0.39 is 19.8 Å². The van der Waals surface area contributed by atoms with Gasteiger partial charge in [-0.1, -0.05) is 0 Å². The average molecular weight is 65.1 g/mol. The molecule has 0 heterocycles. The molecule has 0 aromatic carbocycles. The van der Waals surface area contributed by atoms with Gasteiger partial charge in [-0.15, -0.1) is 0 Å². The van der Waals surface area contributed by atoms with E-state index in [1.54, 1.807) is 0 Å². The van der Waals surface area contributed by atoms with Gasteiger partial charge in [0.15, 0.2) is 0 Å². The fourth-order valence-corrected chi connectivity index (χ4v) is 0. The van der Waals surface area contributed by atoms with Crippen LogP contribution in [0.2, 0.25) is 0 Å². The van der Waals surface area contributed by atoms with Crippen LogP contribution in [-0.2, 0) is 0 Å². The lowest BCUT2D eigenvalue weighted by Crippen LogP contribution is -1.70. The van der Waals surface area contributed by atoms with Crippen molar-refractivity contribution in [1.29, 1.82) is 0 Å². The topological polar surface area (TPSA) is 20.2 Å². The lowest BCUT2D eigenvalue weighted by atomic mass is 10.5. The largest absolute Gasteiger partial charge is 0.387 e. The van der Waals surface area contributed by atoms with E-state index in [-0.39, 0.29) is 0 Å². The summed E-state index contributed by atoms with van der Waals surface area (Å²) in [6.45, 7) is -5.80. The van der Waals surface area contributed by atoms with Crippen LogP contribution in [-0.4, -0.2) is 5.11 Å². The number of rotatable bonds is 0. The van der Waals surface area contributed by atoms with Crippen molar-refractivity contribution in [3.05, 3.63) is 6.10 Å². The van der Waals surface area contributed by atoms with Gasteiger partial charge in [0.1, 0.15) is 0 Å². The molecule has 1 heteroatoms. The van der Waals surface area contributed by atoms with E-state index in [2.05, 4.69) is 0 Å². The van der Waals surface area contributed by atoms with E-state index in [0.717, 1.165) is 0 Å². The summed E-state index contributed by atoms with van der Waals surface area (Å²) < 4.78 is 38.9. The molecule has 1 N–H and O–H groups in total. The Morgan fingerprint density at radius 3 is 2.50 bits per heavy atom. The van der Waals surface area contributed by atoms with Crippen molar-refractivity contribution in [2.24, 2.45) is 0 Å². The zero-order chi connectivity index (χ0) is 8.58. The van der Waals surface area contributed by atoms with Gasteiger partial charge in [-0.05, 0) is 13.7 Å². The first-order valence-electron chi connectivity index (χ1n) is 3.72. The fourth-order valence-electron chi connectivity index (χ4n) is 0. The second-order valence-corrected chi connectivity index (χ2v) is 0.349. The van der Waals surface area contributed by atoms with Crippen LogP contribution >= 0.6 is 0 Å². The minimum atomic E-state index is -2.90. The molecule has 0 aliphatic rings. The highest BCUT2D eigenvalue weighted by atomic mass is 16.3. The Morgan fingerprint density at radius 2 is 2.50 bits per heavy atom. The molecule has 0 spiro atoms. The maximum Gasteiger partial charge on any atom is 0.0872 e. The van der Waals surface area contributed by atoms with Crippen molar-refractivity contribution in [1.82, 2.24) is 0 Å². The van der Waals surface area contributed by atoms with Crippen LogP contribution in [0.15, 0.2) is 0 Å². The van der Waals surface area contributed by atoms with Crippen LogP contribution in [0.3, 0.4) is 0 Å². The van der Waals surface area contributed by atoms with E-state index in [1.165, 1.54) is 0 Å². The Balaban J connectivity index is 4.23. The molecule has 0 bridgehead atoms. The van der Waals surface area contributed by atoms with Gasteiger partial charge < -0.3 is 5.11 Å². The smallest absolute Gasteiger partial charge is 0.0872 e. The summed E-state index contributed by atoms with van der Waals surface area (Å²) in [6, 6.07) is 0. The predicted molar refractivity (Wildman–Crippen MR) is 16.5 cm³/mol. The Hall–Kier alpha value is -0.0400. The van der Waals surface area contributed by atoms with E-state index >= 15 is 0 Å². The third-order valence-corrected chi connectivity index (χ3v) is 0. The highest BCUT2D eigenvalue weighted by Crippen LogP contribution is 1.78. The van der Waals surface area contributed by atoms with E-state index in [1.807, 2.05) is 0 Å². The maximum atomic E-state index is 8.51. The van der Waals surface area contributed by atoms with Crippen LogP contribution < -0.4 is 0 Å². The number of hydrogen-bond donors (Lipinski definition) is 1. The van der Waals surface area contributed by atoms with E-state index in [4.69, 9.17) is 13.3 Å². The summed E-state index contributed by atoms with van der Waals surface area (Å²) >= 11 is 0. The molecule has 1 radical (unpaired) electrons. The first kappa shape index (κ1) is 0.432. The highest BCUT2D eigenvalue weighted by Gasteiger charge is 1.71. The Labute approximate surface area is 34.7 Å². The summed E-state index contributed by atoms with van der Waals surface area (Å²) in [5.41, 5.74) is 0. The van der Waals surface area contributed by atoms with Gasteiger partial charge in [0, 0.05) is 8.22 Å². The molecule has 0 amide bonds. The van der Waals surface area contributed by atoms with Gasteiger partial charge in [0.05, 0.1) is 6.10 Å². The lowest BCUT2D eigenvalue weighted by molar-refractivity contribution is 0.325. The van der Waals surface area contributed by atoms with Crippen LogP contribution in [0, 0.1) is 6.10 Å². The molecule has 1 nitrogen and oxygen atoms in total. The van der Waals surface area contributed by atoms with Crippen LogP contribution in [0.4, 0.5) is 0 Å². The summed E-state index contributed by atoms with van der Waals surface area (Å²) in [7, 11) is 0. The van der Waals surface area contributed by atoms with Gasteiger partial charge in [0.2, 0.25) is 0 Å². The second kappa shape index (κ2) is 1.30. The average Bonchev–Trinajstić information content (AvgIpc) is 1.59. The van der Waals surface area contributed by atoms with E-state index in [9.17, 15) is 0 Å². The summed E-state index contributed by atoms with van der Waals surface area (Å²) in [5.74, 6) is 0. The molecule has 0 aromatic heterocycles. The summed E-state index contributed by atoms with van der Waals surface area (Å²) in [5, 5.41) is 8.51. The zero-order valence-electron chi connectivity index (χ0n) is 7.95. The molecule has 0 aliphatic heterocycles. The van der Waals surface area contributed by atoms with Crippen molar-refractivity contribution < 1.29 is 13.3 Å². The monoisotopic (exact) mass is 65.1 g/mol. The molecule has 0 rings (SSSR count). The van der Waals surface area contributed by atoms with Gasteiger partial charge >= 0.3 is 0 Å². The highest BCUT2D eigenvalue weighted by molar-refractivity contribution is 4.51. The molecule has 25 valence electrons. The molecule has 0 aromatic rings. The SMILES string of the molecule is [2H]C([2H])([2H])[C](O)C([2H])([2H])[2H]. The minimum Gasteiger partial charge on any atom is -0.387 e. The molecule has 4 heavy (non-hydrogen) atoms. The minimum absolute atomic E-state index is 1.43. The molecule has 0 aliphatic carbocycles. The number of aliphatic hydroxyl groups excluding tert-OH is 1. The van der Waals surface area contributed by atoms with Crippen LogP contribution in [0.25, 0.3) is 0 Å². The molecular formula is C3H7O. The number of aliphatic hydroxyl groups is 1. The Kier molecular flexibility index (Phi) is 0.140. The third kappa shape index (κ3) is 1130. The van der Waals surface area contributed by atoms with Crippen molar-refractivity contribution >= 4 is 0 Å². The van der Waals surface area contributed by atoms with Crippen molar-refractivity contribution in [3.63, 3.8) is 0 Å². The molecule has 0 fully saturated rings. The van der Waals surface area contributed by atoms with Crippen LogP contribution in [0.1, 0.15) is 21.9 Å². The quantitative estimate of drug-likeness (QED) is 0.445. The molecular weight excluding hydrogens is 52.0 g/mol. The van der Waals surface area contributed by atoms with Crippen molar-refractivity contribution in [3.8, 4) is 0 Å². The maximum absolute atomic E-state index is 8.51. The number of hydrogen-bond acceptors (Lipinski definition) is 1. The fraction of sp³-hybridized carbons (Fsp3) is 0.667.